The minimum atomic E-state index is -3.16. The van der Waals surface area contributed by atoms with Crippen LogP contribution in [0.3, 0.4) is 0 Å². The van der Waals surface area contributed by atoms with Gasteiger partial charge in [-0.05, 0) is 24.5 Å². The van der Waals surface area contributed by atoms with Crippen LogP contribution < -0.4 is 0 Å². The van der Waals surface area contributed by atoms with Crippen LogP contribution in [0.2, 0.25) is 0 Å². The number of hydrogen-bond donors (Lipinski definition) is 0. The van der Waals surface area contributed by atoms with Crippen molar-refractivity contribution in [3.8, 4) is 0 Å². The van der Waals surface area contributed by atoms with Crippen LogP contribution in [0.5, 0.6) is 0 Å². The normalized spacial score (nSPS) is 17.4. The lowest BCUT2D eigenvalue weighted by Crippen LogP contribution is -2.57. The number of sulfone groups is 1. The monoisotopic (exact) mass is 392 g/mol. The summed E-state index contributed by atoms with van der Waals surface area (Å²) in [6.45, 7) is 4.37. The molecular formula is C19H24N2O5S. The van der Waals surface area contributed by atoms with E-state index < -0.39 is 15.1 Å². The second kappa shape index (κ2) is 7.42. The van der Waals surface area contributed by atoms with E-state index in [2.05, 4.69) is 0 Å². The van der Waals surface area contributed by atoms with Crippen LogP contribution in [-0.2, 0) is 14.6 Å². The standard InChI is InChI=1S/C19H24N2O5S/c1-13(2)12-27(25,26)14-10-20(11-14)17(22)8-5-9-21-18(23)15-6-3-4-7-16(15)19(21)24/h3-4,6-7,13-14H,5,8-12H2,1-2H3. The number of likely N-dealkylation sites (tertiary alicyclic amines) is 1. The van der Waals surface area contributed by atoms with Crippen molar-refractivity contribution in [1.29, 1.82) is 0 Å². The Balaban J connectivity index is 1.45. The van der Waals surface area contributed by atoms with E-state index >= 15 is 0 Å². The van der Waals surface area contributed by atoms with Crippen molar-refractivity contribution in [2.24, 2.45) is 5.92 Å². The van der Waals surface area contributed by atoms with Crippen molar-refractivity contribution in [3.63, 3.8) is 0 Å². The third-order valence-corrected chi connectivity index (χ3v) is 7.37. The van der Waals surface area contributed by atoms with E-state index in [1.807, 2.05) is 13.8 Å². The molecule has 1 saturated heterocycles. The van der Waals surface area contributed by atoms with E-state index in [4.69, 9.17) is 0 Å². The summed E-state index contributed by atoms with van der Waals surface area (Å²) < 4.78 is 24.3. The van der Waals surface area contributed by atoms with Crippen molar-refractivity contribution >= 4 is 27.6 Å². The Bertz CT molecular complexity index is 837. The number of imide groups is 1. The molecule has 0 atom stereocenters. The molecule has 27 heavy (non-hydrogen) atoms. The lowest BCUT2D eigenvalue weighted by atomic mass is 10.1. The molecular weight excluding hydrogens is 368 g/mol. The minimum absolute atomic E-state index is 0.0689. The molecule has 2 aliphatic heterocycles. The molecule has 7 nitrogen and oxygen atoms in total. The number of hydrogen-bond acceptors (Lipinski definition) is 5. The Morgan fingerprint density at radius 3 is 2.19 bits per heavy atom. The van der Waals surface area contributed by atoms with Gasteiger partial charge in [-0.1, -0.05) is 26.0 Å². The number of carbonyl (C=O) groups excluding carboxylic acids is 3. The van der Waals surface area contributed by atoms with Gasteiger partial charge in [0.2, 0.25) is 5.91 Å². The average Bonchev–Trinajstić information content (AvgIpc) is 2.77. The van der Waals surface area contributed by atoms with Gasteiger partial charge in [0.05, 0.1) is 22.1 Å². The maximum Gasteiger partial charge on any atom is 0.261 e. The molecule has 0 aliphatic carbocycles. The number of amides is 3. The molecule has 1 aromatic carbocycles. The zero-order valence-electron chi connectivity index (χ0n) is 15.6. The van der Waals surface area contributed by atoms with Gasteiger partial charge in [0.1, 0.15) is 0 Å². The van der Waals surface area contributed by atoms with E-state index in [9.17, 15) is 22.8 Å². The molecule has 0 N–H and O–H groups in total. The molecule has 0 spiro atoms. The highest BCUT2D eigenvalue weighted by Gasteiger charge is 2.40. The Kier molecular flexibility index (Phi) is 5.37. The maximum absolute atomic E-state index is 12.3. The summed E-state index contributed by atoms with van der Waals surface area (Å²) in [7, 11) is -3.16. The molecule has 0 radical (unpaired) electrons. The molecule has 2 heterocycles. The van der Waals surface area contributed by atoms with Crippen molar-refractivity contribution in [2.45, 2.75) is 31.9 Å². The van der Waals surface area contributed by atoms with Crippen LogP contribution in [0.15, 0.2) is 24.3 Å². The van der Waals surface area contributed by atoms with E-state index in [0.717, 1.165) is 0 Å². The van der Waals surface area contributed by atoms with Crippen molar-refractivity contribution in [1.82, 2.24) is 9.80 Å². The van der Waals surface area contributed by atoms with Gasteiger partial charge in [-0.15, -0.1) is 0 Å². The van der Waals surface area contributed by atoms with Gasteiger partial charge >= 0.3 is 0 Å². The summed E-state index contributed by atoms with van der Waals surface area (Å²) in [5.74, 6) is -0.583. The highest BCUT2D eigenvalue weighted by atomic mass is 32.2. The van der Waals surface area contributed by atoms with Gasteiger partial charge in [0.15, 0.2) is 9.84 Å². The fraction of sp³-hybridized carbons (Fsp3) is 0.526. The summed E-state index contributed by atoms with van der Waals surface area (Å²) in [6, 6.07) is 6.67. The summed E-state index contributed by atoms with van der Waals surface area (Å²) in [6.07, 6.45) is 0.550. The molecule has 1 aromatic rings. The van der Waals surface area contributed by atoms with E-state index in [1.165, 1.54) is 9.80 Å². The first-order valence-electron chi connectivity index (χ1n) is 9.15. The predicted octanol–water partition coefficient (Wildman–Crippen LogP) is 1.34. The molecule has 0 aromatic heterocycles. The van der Waals surface area contributed by atoms with Crippen molar-refractivity contribution < 1.29 is 22.8 Å². The lowest BCUT2D eigenvalue weighted by Gasteiger charge is -2.39. The smallest absolute Gasteiger partial charge is 0.261 e. The quantitative estimate of drug-likeness (QED) is 0.653. The minimum Gasteiger partial charge on any atom is -0.340 e. The summed E-state index contributed by atoms with van der Waals surface area (Å²) >= 11 is 0. The number of rotatable bonds is 7. The van der Waals surface area contributed by atoms with Crippen LogP contribution in [0, 0.1) is 5.92 Å². The fourth-order valence-corrected chi connectivity index (χ4v) is 5.47. The Labute approximate surface area is 159 Å². The third-order valence-electron chi connectivity index (χ3n) is 4.92. The Morgan fingerprint density at radius 2 is 1.67 bits per heavy atom. The molecule has 3 rings (SSSR count). The third kappa shape index (κ3) is 3.90. The first kappa shape index (κ1) is 19.5. The number of carbonyl (C=O) groups is 3. The van der Waals surface area contributed by atoms with Gasteiger partial charge in [0.25, 0.3) is 11.8 Å². The second-order valence-corrected chi connectivity index (χ2v) is 9.88. The number of benzene rings is 1. The first-order chi connectivity index (χ1) is 12.7. The SMILES string of the molecule is CC(C)CS(=O)(=O)C1CN(C(=O)CCCN2C(=O)c3ccccc3C2=O)C1. The van der Waals surface area contributed by atoms with E-state index in [0.29, 0.717) is 17.5 Å². The lowest BCUT2D eigenvalue weighted by molar-refractivity contribution is -0.134. The van der Waals surface area contributed by atoms with Crippen LogP contribution in [0.1, 0.15) is 47.4 Å². The summed E-state index contributed by atoms with van der Waals surface area (Å²) in [5.41, 5.74) is 0.796. The molecule has 3 amide bonds. The average molecular weight is 392 g/mol. The van der Waals surface area contributed by atoms with Gasteiger partial charge in [-0.3, -0.25) is 19.3 Å². The van der Waals surface area contributed by atoms with Crippen LogP contribution in [-0.4, -0.2) is 66.6 Å². The van der Waals surface area contributed by atoms with Gasteiger partial charge in [-0.25, -0.2) is 8.42 Å². The van der Waals surface area contributed by atoms with E-state index in [-0.39, 0.29) is 55.4 Å². The molecule has 0 unspecified atom stereocenters. The second-order valence-electron chi connectivity index (χ2n) is 7.56. The van der Waals surface area contributed by atoms with Crippen molar-refractivity contribution in [3.05, 3.63) is 35.4 Å². The summed E-state index contributed by atoms with van der Waals surface area (Å²) in [5, 5.41) is -0.472. The molecule has 0 saturated carbocycles. The fourth-order valence-electron chi connectivity index (χ4n) is 3.46. The van der Waals surface area contributed by atoms with Gasteiger partial charge in [-0.2, -0.15) is 0 Å². The number of fused-ring (bicyclic) bond motifs is 1. The zero-order valence-corrected chi connectivity index (χ0v) is 16.4. The number of nitrogens with zero attached hydrogens (tertiary/aromatic N) is 2. The topological polar surface area (TPSA) is 91.8 Å². The van der Waals surface area contributed by atoms with Crippen molar-refractivity contribution in [2.75, 3.05) is 25.4 Å². The first-order valence-corrected chi connectivity index (χ1v) is 10.9. The maximum atomic E-state index is 12.3. The zero-order chi connectivity index (χ0) is 19.8. The highest BCUT2D eigenvalue weighted by Crippen LogP contribution is 2.23. The van der Waals surface area contributed by atoms with Crippen LogP contribution in [0.4, 0.5) is 0 Å². The van der Waals surface area contributed by atoms with Gasteiger partial charge in [0, 0.05) is 26.1 Å². The summed E-state index contributed by atoms with van der Waals surface area (Å²) in [4.78, 5) is 39.5. The largest absolute Gasteiger partial charge is 0.340 e. The van der Waals surface area contributed by atoms with Crippen LogP contribution in [0.25, 0.3) is 0 Å². The highest BCUT2D eigenvalue weighted by molar-refractivity contribution is 7.92. The Morgan fingerprint density at radius 1 is 1.11 bits per heavy atom. The predicted molar refractivity (Wildman–Crippen MR) is 100 cm³/mol. The van der Waals surface area contributed by atoms with Gasteiger partial charge < -0.3 is 4.90 Å². The molecule has 1 fully saturated rings. The molecule has 2 aliphatic rings. The Hall–Kier alpha value is -2.22. The van der Waals surface area contributed by atoms with E-state index in [1.54, 1.807) is 24.3 Å². The molecule has 146 valence electrons. The molecule has 0 bridgehead atoms. The van der Waals surface area contributed by atoms with Crippen LogP contribution >= 0.6 is 0 Å². The molecule has 8 heteroatoms.